The van der Waals surface area contributed by atoms with E-state index in [1.807, 2.05) is 6.92 Å². The van der Waals surface area contributed by atoms with Gasteiger partial charge in [-0.05, 0) is 25.5 Å². The minimum Gasteiger partial charge on any atom is -0.271 e. The number of aryl methyl sites for hydroxylation is 2. The van der Waals surface area contributed by atoms with E-state index in [0.717, 1.165) is 5.01 Å². The number of nitrogens with one attached hydrogen (secondary N) is 1. The van der Waals surface area contributed by atoms with Crippen molar-refractivity contribution in [2.45, 2.75) is 19.9 Å². The zero-order valence-corrected chi connectivity index (χ0v) is 10.8. The monoisotopic (exact) mass is 269 g/mol. The summed E-state index contributed by atoms with van der Waals surface area (Å²) in [4.78, 5) is 4.21. The van der Waals surface area contributed by atoms with E-state index >= 15 is 0 Å². The van der Waals surface area contributed by atoms with E-state index in [1.165, 1.54) is 23.5 Å². The molecule has 0 fully saturated rings. The number of halogens is 2. The molecule has 2 aromatic rings. The summed E-state index contributed by atoms with van der Waals surface area (Å²) in [7, 11) is 0. The number of rotatable bonds is 3. The summed E-state index contributed by atoms with van der Waals surface area (Å²) >= 11 is 1.41. The summed E-state index contributed by atoms with van der Waals surface area (Å²) in [6.45, 7) is 3.41. The summed E-state index contributed by atoms with van der Waals surface area (Å²) in [6.07, 6.45) is 0. The topological polar surface area (TPSA) is 50.9 Å². The van der Waals surface area contributed by atoms with Crippen LogP contribution >= 0.6 is 11.3 Å². The predicted molar refractivity (Wildman–Crippen MR) is 67.1 cm³/mol. The van der Waals surface area contributed by atoms with E-state index in [9.17, 15) is 8.78 Å². The Labute approximate surface area is 108 Å². The summed E-state index contributed by atoms with van der Waals surface area (Å²) in [5, 5.41) is 2.56. The van der Waals surface area contributed by atoms with Crippen LogP contribution in [0.1, 0.15) is 27.9 Å². The van der Waals surface area contributed by atoms with E-state index in [0.29, 0.717) is 11.3 Å². The molecule has 0 saturated heterocycles. The average molecular weight is 269 g/mol. The fourth-order valence-electron chi connectivity index (χ4n) is 1.77. The Hall–Kier alpha value is -1.37. The molecule has 3 N–H and O–H groups in total. The Morgan fingerprint density at radius 2 is 2.06 bits per heavy atom. The quantitative estimate of drug-likeness (QED) is 0.665. The number of nitrogens with zero attached hydrogens (tertiary/aromatic N) is 1. The largest absolute Gasteiger partial charge is 0.271 e. The first-order valence-electron chi connectivity index (χ1n) is 5.37. The van der Waals surface area contributed by atoms with Crippen molar-refractivity contribution in [1.29, 1.82) is 0 Å². The van der Waals surface area contributed by atoms with E-state index in [-0.39, 0.29) is 5.56 Å². The van der Waals surface area contributed by atoms with Gasteiger partial charge in [0.1, 0.15) is 11.6 Å². The van der Waals surface area contributed by atoms with Crippen molar-refractivity contribution < 1.29 is 8.78 Å². The lowest BCUT2D eigenvalue weighted by Gasteiger charge is -2.16. The molecule has 18 heavy (non-hydrogen) atoms. The lowest BCUT2D eigenvalue weighted by atomic mass is 10.0. The van der Waals surface area contributed by atoms with E-state index in [1.54, 1.807) is 12.3 Å². The van der Waals surface area contributed by atoms with Gasteiger partial charge >= 0.3 is 0 Å². The summed E-state index contributed by atoms with van der Waals surface area (Å²) in [5.74, 6) is 4.19. The number of thiazole rings is 1. The zero-order chi connectivity index (χ0) is 13.3. The fraction of sp³-hybridized carbons (Fsp3) is 0.250. The number of aromatic nitrogens is 1. The summed E-state index contributed by atoms with van der Waals surface area (Å²) < 4.78 is 27.8. The maximum atomic E-state index is 14.0. The van der Waals surface area contributed by atoms with Crippen LogP contribution in [0.25, 0.3) is 0 Å². The van der Waals surface area contributed by atoms with Gasteiger partial charge in [-0.15, -0.1) is 11.3 Å². The second-order valence-electron chi connectivity index (χ2n) is 3.98. The molecular weight excluding hydrogens is 256 g/mol. The van der Waals surface area contributed by atoms with Crippen molar-refractivity contribution in [3.8, 4) is 0 Å². The number of nitrogens with two attached hydrogens (primary N) is 1. The molecule has 0 aliphatic rings. The summed E-state index contributed by atoms with van der Waals surface area (Å²) in [5.41, 5.74) is 3.22. The smallest absolute Gasteiger partial charge is 0.134 e. The second kappa shape index (κ2) is 5.09. The van der Waals surface area contributed by atoms with Crippen LogP contribution in [0.15, 0.2) is 17.5 Å². The average Bonchev–Trinajstić information content (AvgIpc) is 2.76. The van der Waals surface area contributed by atoms with Crippen LogP contribution in [0.5, 0.6) is 0 Å². The van der Waals surface area contributed by atoms with Crippen LogP contribution in [0.4, 0.5) is 8.78 Å². The van der Waals surface area contributed by atoms with Crippen molar-refractivity contribution in [2.24, 2.45) is 5.84 Å². The van der Waals surface area contributed by atoms with Crippen molar-refractivity contribution in [2.75, 3.05) is 0 Å². The second-order valence-corrected chi connectivity index (χ2v) is 5.05. The van der Waals surface area contributed by atoms with Crippen LogP contribution < -0.4 is 11.3 Å². The lowest BCUT2D eigenvalue weighted by Crippen LogP contribution is -2.30. The van der Waals surface area contributed by atoms with Crippen LogP contribution in [-0.2, 0) is 0 Å². The molecule has 0 aliphatic carbocycles. The maximum Gasteiger partial charge on any atom is 0.134 e. The molecule has 1 heterocycles. The van der Waals surface area contributed by atoms with Gasteiger partial charge in [0.2, 0.25) is 0 Å². The van der Waals surface area contributed by atoms with Crippen LogP contribution in [-0.4, -0.2) is 4.98 Å². The third kappa shape index (κ3) is 2.27. The molecule has 1 aromatic heterocycles. The highest BCUT2D eigenvalue weighted by atomic mass is 32.1. The Bertz CT molecular complexity index is 568. The highest BCUT2D eigenvalue weighted by molar-refractivity contribution is 7.09. The first-order valence-corrected chi connectivity index (χ1v) is 6.25. The minimum absolute atomic E-state index is 0.0946. The molecule has 0 saturated carbocycles. The molecule has 0 amide bonds. The Kier molecular flexibility index (Phi) is 3.70. The van der Waals surface area contributed by atoms with Crippen LogP contribution in [0.3, 0.4) is 0 Å². The standard InChI is InChI=1S/C12H13F2N3S/c1-6-3-4-8(13)10(11(6)14)12(17-15)9-5-18-7(2)16-9/h3-5,12,17H,15H2,1-2H3. The molecule has 0 bridgehead atoms. The van der Waals surface area contributed by atoms with Gasteiger partial charge in [0.05, 0.1) is 16.7 Å². The van der Waals surface area contributed by atoms with Gasteiger partial charge in [-0.1, -0.05) is 6.07 Å². The van der Waals surface area contributed by atoms with Crippen LogP contribution in [0.2, 0.25) is 0 Å². The van der Waals surface area contributed by atoms with Crippen molar-refractivity contribution >= 4 is 11.3 Å². The normalized spacial score (nSPS) is 12.7. The Morgan fingerprint density at radius 1 is 1.33 bits per heavy atom. The molecule has 1 atom stereocenters. The van der Waals surface area contributed by atoms with Crippen LogP contribution in [0, 0.1) is 25.5 Å². The molecule has 0 aliphatic heterocycles. The van der Waals surface area contributed by atoms with E-state index in [2.05, 4.69) is 10.4 Å². The van der Waals surface area contributed by atoms with Crippen molar-refractivity contribution in [3.05, 3.63) is 51.0 Å². The molecule has 2 rings (SSSR count). The zero-order valence-electron chi connectivity index (χ0n) is 10.00. The molecule has 3 nitrogen and oxygen atoms in total. The maximum absolute atomic E-state index is 14.0. The number of hydrogen-bond acceptors (Lipinski definition) is 4. The molecule has 1 unspecified atom stereocenters. The van der Waals surface area contributed by atoms with Gasteiger partial charge in [-0.2, -0.15) is 0 Å². The molecular formula is C12H13F2N3S. The molecule has 0 spiro atoms. The number of benzene rings is 1. The fourth-order valence-corrected chi connectivity index (χ4v) is 2.41. The van der Waals surface area contributed by atoms with E-state index < -0.39 is 17.7 Å². The Morgan fingerprint density at radius 3 is 2.61 bits per heavy atom. The molecule has 1 aromatic carbocycles. The molecule has 6 heteroatoms. The Balaban J connectivity index is 2.55. The first-order chi connectivity index (χ1) is 8.54. The highest BCUT2D eigenvalue weighted by Crippen LogP contribution is 2.28. The van der Waals surface area contributed by atoms with Crippen molar-refractivity contribution in [3.63, 3.8) is 0 Å². The molecule has 96 valence electrons. The van der Waals surface area contributed by atoms with Gasteiger partial charge in [0.15, 0.2) is 0 Å². The highest BCUT2D eigenvalue weighted by Gasteiger charge is 2.24. The van der Waals surface area contributed by atoms with Gasteiger partial charge in [-0.25, -0.2) is 19.2 Å². The predicted octanol–water partition coefficient (Wildman–Crippen LogP) is 2.59. The summed E-state index contributed by atoms with van der Waals surface area (Å²) in [6, 6.07) is 1.85. The number of hydrogen-bond donors (Lipinski definition) is 2. The van der Waals surface area contributed by atoms with Gasteiger partial charge < -0.3 is 0 Å². The van der Waals surface area contributed by atoms with Crippen molar-refractivity contribution in [1.82, 2.24) is 10.4 Å². The SMILES string of the molecule is Cc1nc(C(NN)c2c(F)ccc(C)c2F)cs1. The molecule has 0 radical (unpaired) electrons. The van der Waals surface area contributed by atoms with Gasteiger partial charge in [-0.3, -0.25) is 5.84 Å². The van der Waals surface area contributed by atoms with Gasteiger partial charge in [0, 0.05) is 10.9 Å². The van der Waals surface area contributed by atoms with E-state index in [4.69, 9.17) is 5.84 Å². The van der Waals surface area contributed by atoms with Gasteiger partial charge in [0.25, 0.3) is 0 Å². The first kappa shape index (κ1) is 13.1. The number of hydrazine groups is 1. The minimum atomic E-state index is -0.783. The lowest BCUT2D eigenvalue weighted by molar-refractivity contribution is 0.502. The third-order valence-corrected chi connectivity index (χ3v) is 3.50. The third-order valence-electron chi connectivity index (χ3n) is 2.71.